The van der Waals surface area contributed by atoms with Gasteiger partial charge >= 0.3 is 0 Å². The highest BCUT2D eigenvalue weighted by Gasteiger charge is 2.12. The average molecular weight is 240 g/mol. The number of aryl methyl sites for hydroxylation is 1. The highest BCUT2D eigenvalue weighted by Crippen LogP contribution is 2.33. The molecular weight excluding hydrogens is 228 g/mol. The van der Waals surface area contributed by atoms with Crippen LogP contribution in [0, 0.1) is 0 Å². The third kappa shape index (κ3) is 1.78. The van der Waals surface area contributed by atoms with Crippen molar-refractivity contribution >= 4 is 11.3 Å². The maximum atomic E-state index is 4.39. The molecule has 84 valence electrons. The zero-order chi connectivity index (χ0) is 11.7. The van der Waals surface area contributed by atoms with Gasteiger partial charge in [-0.3, -0.25) is 0 Å². The van der Waals surface area contributed by atoms with E-state index in [0.29, 0.717) is 0 Å². The van der Waals surface area contributed by atoms with Gasteiger partial charge in [0, 0.05) is 30.4 Å². The van der Waals surface area contributed by atoms with Gasteiger partial charge in [0.15, 0.2) is 0 Å². The van der Waals surface area contributed by atoms with Crippen molar-refractivity contribution in [2.45, 2.75) is 0 Å². The SMILES string of the molecule is Cn1ccc(-c2nccs2)c1-c1ccccc1. The van der Waals surface area contributed by atoms with Gasteiger partial charge in [-0.15, -0.1) is 11.3 Å². The quantitative estimate of drug-likeness (QED) is 0.666. The number of hydrogen-bond acceptors (Lipinski definition) is 2. The number of hydrogen-bond donors (Lipinski definition) is 0. The van der Waals surface area contributed by atoms with E-state index in [4.69, 9.17) is 0 Å². The molecule has 0 N–H and O–H groups in total. The van der Waals surface area contributed by atoms with E-state index in [9.17, 15) is 0 Å². The topological polar surface area (TPSA) is 17.8 Å². The summed E-state index contributed by atoms with van der Waals surface area (Å²) in [6.45, 7) is 0. The van der Waals surface area contributed by atoms with Crippen molar-refractivity contribution in [3.63, 3.8) is 0 Å². The van der Waals surface area contributed by atoms with E-state index in [1.54, 1.807) is 11.3 Å². The van der Waals surface area contributed by atoms with E-state index in [-0.39, 0.29) is 0 Å². The standard InChI is InChI=1S/C14H12N2S/c1-16-9-7-12(14-15-8-10-17-14)13(16)11-5-3-2-4-6-11/h2-10H,1H3. The van der Waals surface area contributed by atoms with Crippen molar-refractivity contribution in [3.8, 4) is 21.8 Å². The predicted octanol–water partition coefficient (Wildman–Crippen LogP) is 3.82. The second-order valence-corrected chi connectivity index (χ2v) is 4.79. The second-order valence-electron chi connectivity index (χ2n) is 3.89. The molecule has 0 fully saturated rings. The third-order valence-electron chi connectivity index (χ3n) is 2.78. The van der Waals surface area contributed by atoms with Crippen LogP contribution in [0.5, 0.6) is 0 Å². The van der Waals surface area contributed by atoms with Gasteiger partial charge in [0.1, 0.15) is 5.01 Å². The molecule has 1 aromatic carbocycles. The molecule has 0 saturated heterocycles. The molecule has 0 aliphatic carbocycles. The summed E-state index contributed by atoms with van der Waals surface area (Å²) in [4.78, 5) is 4.39. The van der Waals surface area contributed by atoms with Gasteiger partial charge in [-0.2, -0.15) is 0 Å². The van der Waals surface area contributed by atoms with E-state index in [0.717, 1.165) is 5.01 Å². The minimum Gasteiger partial charge on any atom is -0.350 e. The summed E-state index contributed by atoms with van der Waals surface area (Å²) in [5.74, 6) is 0. The lowest BCUT2D eigenvalue weighted by Crippen LogP contribution is -1.90. The van der Waals surface area contributed by atoms with E-state index >= 15 is 0 Å². The Morgan fingerprint density at radius 1 is 1.12 bits per heavy atom. The number of benzene rings is 1. The van der Waals surface area contributed by atoms with Crippen LogP contribution in [0.3, 0.4) is 0 Å². The first kappa shape index (κ1) is 10.3. The van der Waals surface area contributed by atoms with Gasteiger partial charge in [0.25, 0.3) is 0 Å². The summed E-state index contributed by atoms with van der Waals surface area (Å²) in [6, 6.07) is 12.6. The number of nitrogens with zero attached hydrogens (tertiary/aromatic N) is 2. The molecule has 17 heavy (non-hydrogen) atoms. The van der Waals surface area contributed by atoms with Crippen LogP contribution >= 0.6 is 11.3 Å². The van der Waals surface area contributed by atoms with Gasteiger partial charge < -0.3 is 4.57 Å². The van der Waals surface area contributed by atoms with Crippen LogP contribution in [0.25, 0.3) is 21.8 Å². The van der Waals surface area contributed by atoms with Gasteiger partial charge in [0.05, 0.1) is 5.69 Å². The molecule has 0 saturated carbocycles. The lowest BCUT2D eigenvalue weighted by atomic mass is 10.1. The van der Waals surface area contributed by atoms with Crippen molar-refractivity contribution < 1.29 is 0 Å². The molecule has 0 atom stereocenters. The number of aromatic nitrogens is 2. The lowest BCUT2D eigenvalue weighted by molar-refractivity contribution is 0.937. The maximum Gasteiger partial charge on any atom is 0.125 e. The Morgan fingerprint density at radius 3 is 2.65 bits per heavy atom. The Kier molecular flexibility index (Phi) is 2.53. The van der Waals surface area contributed by atoms with Crippen molar-refractivity contribution in [2.24, 2.45) is 7.05 Å². The van der Waals surface area contributed by atoms with Crippen LogP contribution < -0.4 is 0 Å². The molecule has 3 heteroatoms. The van der Waals surface area contributed by atoms with Crippen molar-refractivity contribution in [2.75, 3.05) is 0 Å². The molecule has 3 aromatic rings. The van der Waals surface area contributed by atoms with Crippen LogP contribution in [0.4, 0.5) is 0 Å². The Labute approximate surface area is 104 Å². The van der Waals surface area contributed by atoms with Gasteiger partial charge in [0.2, 0.25) is 0 Å². The Hall–Kier alpha value is -1.87. The van der Waals surface area contributed by atoms with E-state index < -0.39 is 0 Å². The fourth-order valence-electron chi connectivity index (χ4n) is 2.01. The molecule has 0 radical (unpaired) electrons. The molecule has 2 nitrogen and oxygen atoms in total. The molecule has 3 rings (SSSR count). The van der Waals surface area contributed by atoms with Crippen LogP contribution in [-0.2, 0) is 7.05 Å². The highest BCUT2D eigenvalue weighted by molar-refractivity contribution is 7.13. The van der Waals surface area contributed by atoms with Gasteiger partial charge in [-0.05, 0) is 11.6 Å². The maximum absolute atomic E-state index is 4.39. The number of thiazole rings is 1. The van der Waals surface area contributed by atoms with E-state index in [1.165, 1.54) is 16.8 Å². The molecular formula is C14H12N2S. The van der Waals surface area contributed by atoms with E-state index in [2.05, 4.69) is 53.1 Å². The number of rotatable bonds is 2. The molecule has 0 unspecified atom stereocenters. The highest BCUT2D eigenvalue weighted by atomic mass is 32.1. The molecule has 2 heterocycles. The first-order chi connectivity index (χ1) is 8.36. The fourth-order valence-corrected chi connectivity index (χ4v) is 2.68. The summed E-state index contributed by atoms with van der Waals surface area (Å²) in [7, 11) is 2.07. The third-order valence-corrected chi connectivity index (χ3v) is 3.59. The van der Waals surface area contributed by atoms with Crippen molar-refractivity contribution in [3.05, 3.63) is 54.2 Å². The fraction of sp³-hybridized carbons (Fsp3) is 0.0714. The zero-order valence-electron chi connectivity index (χ0n) is 9.50. The zero-order valence-corrected chi connectivity index (χ0v) is 10.3. The van der Waals surface area contributed by atoms with Crippen LogP contribution in [0.15, 0.2) is 54.2 Å². The smallest absolute Gasteiger partial charge is 0.125 e. The van der Waals surface area contributed by atoms with Crippen LogP contribution in [-0.4, -0.2) is 9.55 Å². The van der Waals surface area contributed by atoms with E-state index in [1.807, 2.05) is 17.6 Å². The largest absolute Gasteiger partial charge is 0.350 e. The lowest BCUT2D eigenvalue weighted by Gasteiger charge is -2.06. The molecule has 0 aliphatic heterocycles. The average Bonchev–Trinajstić information content (AvgIpc) is 2.98. The van der Waals surface area contributed by atoms with Crippen LogP contribution in [0.2, 0.25) is 0 Å². The predicted molar refractivity (Wildman–Crippen MR) is 72.0 cm³/mol. The summed E-state index contributed by atoms with van der Waals surface area (Å²) in [5.41, 5.74) is 3.65. The first-order valence-electron chi connectivity index (χ1n) is 5.47. The molecule has 0 spiro atoms. The monoisotopic (exact) mass is 240 g/mol. The minimum atomic E-state index is 1.07. The van der Waals surface area contributed by atoms with Crippen LogP contribution in [0.1, 0.15) is 0 Å². The molecule has 2 aromatic heterocycles. The van der Waals surface area contributed by atoms with Gasteiger partial charge in [-0.1, -0.05) is 30.3 Å². The summed E-state index contributed by atoms with van der Waals surface area (Å²) >= 11 is 1.67. The second kappa shape index (κ2) is 4.18. The molecule has 0 amide bonds. The summed E-state index contributed by atoms with van der Waals surface area (Å²) in [6.07, 6.45) is 3.93. The normalized spacial score (nSPS) is 10.6. The Bertz CT molecular complexity index is 609. The minimum absolute atomic E-state index is 1.07. The summed E-state index contributed by atoms with van der Waals surface area (Å²) in [5, 5.41) is 3.08. The van der Waals surface area contributed by atoms with Crippen molar-refractivity contribution in [1.29, 1.82) is 0 Å². The summed E-state index contributed by atoms with van der Waals surface area (Å²) < 4.78 is 2.14. The van der Waals surface area contributed by atoms with Crippen molar-refractivity contribution in [1.82, 2.24) is 9.55 Å². The Balaban J connectivity index is 2.20. The van der Waals surface area contributed by atoms with Gasteiger partial charge in [-0.25, -0.2) is 4.98 Å². The first-order valence-corrected chi connectivity index (χ1v) is 6.35. The molecule has 0 bridgehead atoms. The Morgan fingerprint density at radius 2 is 1.94 bits per heavy atom. The molecule has 0 aliphatic rings.